The summed E-state index contributed by atoms with van der Waals surface area (Å²) in [6, 6.07) is 15.5. The first-order valence-corrected chi connectivity index (χ1v) is 40.2. The lowest BCUT2D eigenvalue weighted by Gasteiger charge is -2.37. The first-order chi connectivity index (χ1) is 51.1. The highest BCUT2D eigenvalue weighted by molar-refractivity contribution is 9.10. The maximum Gasteiger partial charge on any atom is 0.490 e. The fraction of sp³-hybridized carbons (Fsp3) is 0.576. The molecule has 1 saturated carbocycles. The molecular formula is C85H115BBrN5O14. The van der Waals surface area contributed by atoms with Crippen molar-refractivity contribution in [1.29, 1.82) is 0 Å². The van der Waals surface area contributed by atoms with E-state index in [-0.39, 0.29) is 48.3 Å². The molecule has 14 rings (SSSR count). The van der Waals surface area contributed by atoms with E-state index < -0.39 is 0 Å². The summed E-state index contributed by atoms with van der Waals surface area (Å²) in [7, 11) is 2.78. The number of pyridine rings is 1. The van der Waals surface area contributed by atoms with E-state index in [9.17, 15) is 19.2 Å². The number of aromatic nitrogens is 1. The van der Waals surface area contributed by atoms with Gasteiger partial charge < -0.3 is 71.2 Å². The Morgan fingerprint density at radius 3 is 1.45 bits per heavy atom. The molecule has 8 heterocycles. The third-order valence-corrected chi connectivity index (χ3v) is 23.7. The number of esters is 2. The van der Waals surface area contributed by atoms with Crippen molar-refractivity contribution in [3.8, 4) is 0 Å². The average molecular weight is 1520 g/mol. The van der Waals surface area contributed by atoms with Crippen LogP contribution in [0, 0.1) is 13.8 Å². The van der Waals surface area contributed by atoms with Crippen molar-refractivity contribution in [1.82, 2.24) is 10.3 Å². The number of benzene rings is 3. The number of amides is 1. The maximum absolute atomic E-state index is 14.0. The van der Waals surface area contributed by atoms with Crippen molar-refractivity contribution in [2.45, 2.75) is 247 Å². The van der Waals surface area contributed by atoms with Gasteiger partial charge in [0.05, 0.1) is 42.1 Å². The average Bonchev–Trinajstić information content (AvgIpc) is 1.52. The van der Waals surface area contributed by atoms with Crippen LogP contribution in [0.4, 0.5) is 17.1 Å². The number of nitrogens with one attached hydrogen (secondary N) is 2. The number of carbonyl (C=O) groups excluding carboxylic acids is 3. The number of nitrogens with zero attached hydrogens (tertiary/aromatic N) is 3. The highest BCUT2D eigenvalue weighted by atomic mass is 79.9. The molecule has 4 aliphatic heterocycles. The number of hydrogen-bond donors (Lipinski definition) is 2. The van der Waals surface area contributed by atoms with Crippen molar-refractivity contribution in [2.75, 3.05) is 88.2 Å². The number of aromatic amines is 1. The Balaban J connectivity index is 0.000000148. The molecule has 0 bridgehead atoms. The lowest BCUT2D eigenvalue weighted by atomic mass is 9.78. The van der Waals surface area contributed by atoms with Crippen molar-refractivity contribution >= 4 is 96.4 Å². The molecule has 4 saturated heterocycles. The summed E-state index contributed by atoms with van der Waals surface area (Å²) in [6.45, 7) is 32.4. The van der Waals surface area contributed by atoms with Crippen LogP contribution in [0.2, 0.25) is 0 Å². The third-order valence-electron chi connectivity index (χ3n) is 23.3. The van der Waals surface area contributed by atoms with Gasteiger partial charge in [-0.2, -0.15) is 0 Å². The minimum absolute atomic E-state index is 0.0949. The van der Waals surface area contributed by atoms with Crippen LogP contribution < -0.4 is 25.6 Å². The van der Waals surface area contributed by atoms with E-state index >= 15 is 0 Å². The van der Waals surface area contributed by atoms with Gasteiger partial charge in [-0.15, -0.1) is 0 Å². The standard InChI is InChI=1S/C31H41N3O4.C24H31NO4.C19H24BrNO4.C11H19BO2/c1-5-23-26(34(6-2)22-11-13-37-14-12-22)17-28-24(16-27(38-28)21-9-7-8-10-21)29(23)31(36)32-18-25-19(3)15-20(4)33-30(25)35;1-4-18-20(25(5-2)17-10-12-28-13-11-17)15-22-19(23(18)24(26)27-3)14-21(29-22)16-8-6-7-9-16;1-4-13-15(21(5-2)12-6-8-24-9-7-12)11-16-14(10-17(20)25-16)18(13)19(22)23-3;1-10(2)11(3,4)14-12(13-10)9-7-5-6-8-9/h15-17,21-22H,5-14,18H2,1-4H3,(H,32,36)(H,33,35);8,14-15,17H,4-7,9-13H2,1-3H3;10-12H,4-9H2,1-3H3;7H,5-6,8H2,1-4H3. The molecule has 0 radical (unpaired) electrons. The predicted molar refractivity (Wildman–Crippen MR) is 426 cm³/mol. The number of rotatable bonds is 20. The van der Waals surface area contributed by atoms with Crippen LogP contribution in [0.1, 0.15) is 254 Å². The molecule has 574 valence electrons. The number of halogens is 1. The van der Waals surface area contributed by atoms with Crippen LogP contribution >= 0.6 is 15.9 Å². The Hall–Kier alpha value is -7.14. The Morgan fingerprint density at radius 1 is 0.557 bits per heavy atom. The number of carbonyl (C=O) groups is 3. The quantitative estimate of drug-likeness (QED) is 0.0537. The molecule has 0 spiro atoms. The molecule has 1 amide bonds. The Labute approximate surface area is 635 Å². The fourth-order valence-corrected chi connectivity index (χ4v) is 17.4. The summed E-state index contributed by atoms with van der Waals surface area (Å²) >= 11 is 3.38. The molecule has 2 N–H and O–H groups in total. The van der Waals surface area contributed by atoms with E-state index in [0.717, 1.165) is 239 Å². The molecule has 0 atom stereocenters. The largest absolute Gasteiger partial charge is 0.490 e. The van der Waals surface area contributed by atoms with Gasteiger partial charge in [-0.3, -0.25) is 9.59 Å². The molecule has 19 nitrogen and oxygen atoms in total. The number of furan rings is 3. The van der Waals surface area contributed by atoms with E-state index in [2.05, 4.69) is 147 Å². The van der Waals surface area contributed by atoms with Crippen molar-refractivity contribution in [2.24, 2.45) is 0 Å². The number of methoxy groups -OCH3 is 2. The summed E-state index contributed by atoms with van der Waals surface area (Å²) < 4.78 is 58.1. The van der Waals surface area contributed by atoms with Crippen LogP contribution in [0.25, 0.3) is 38.5 Å². The van der Waals surface area contributed by atoms with E-state index in [1.54, 1.807) is 0 Å². The molecule has 4 aromatic heterocycles. The molecule has 21 heteroatoms. The zero-order chi connectivity index (χ0) is 75.6. The summed E-state index contributed by atoms with van der Waals surface area (Å²) in [6.07, 6.45) is 24.2. The number of hydrogen-bond acceptors (Lipinski definition) is 17. The van der Waals surface area contributed by atoms with Gasteiger partial charge in [0.15, 0.2) is 4.67 Å². The predicted octanol–water partition coefficient (Wildman–Crippen LogP) is 18.5. The molecule has 0 unspecified atom stereocenters. The number of fused-ring (bicyclic) bond motifs is 3. The number of anilines is 3. The Bertz CT molecular complexity index is 4330. The number of allylic oxidation sites excluding steroid dienone is 4. The SMILES string of the molecule is CC1(C)OB(C2=CCCC2)OC1(C)C.CCc1c(N(CC)C2CCOCC2)cc2oc(Br)cc2c1C(=O)OC.CCc1c(N(CC)C2CCOCC2)cc2oc(C3=CCCC3)cc2c1C(=O)OC.CCc1c(N(CC)C2CCOCC2)cc2oc(C3CCCC3)cc2c1C(=O)NCc1c(C)cc(C)[nH]c1=O. The van der Waals surface area contributed by atoms with Gasteiger partial charge >= 0.3 is 19.1 Å². The van der Waals surface area contributed by atoms with Crippen LogP contribution in [-0.2, 0) is 58.8 Å². The lowest BCUT2D eigenvalue weighted by Crippen LogP contribution is -2.41. The van der Waals surface area contributed by atoms with Crippen LogP contribution in [-0.4, -0.2) is 133 Å². The molecule has 7 aromatic rings. The second-order valence-corrected chi connectivity index (χ2v) is 31.0. The van der Waals surface area contributed by atoms with Gasteiger partial charge in [-0.05, 0) is 245 Å². The second kappa shape index (κ2) is 35.9. The van der Waals surface area contributed by atoms with Crippen LogP contribution in [0.5, 0.6) is 0 Å². The fourth-order valence-electron chi connectivity index (χ4n) is 17.0. The highest BCUT2D eigenvalue weighted by Gasteiger charge is 2.52. The topological polar surface area (TPSA) is 210 Å². The van der Waals surface area contributed by atoms with Gasteiger partial charge in [0.2, 0.25) is 0 Å². The number of H-pyrrole nitrogens is 1. The normalized spacial score (nSPS) is 18.4. The van der Waals surface area contributed by atoms with Crippen LogP contribution in [0.3, 0.4) is 0 Å². The molecule has 7 aliphatic rings. The van der Waals surface area contributed by atoms with Crippen molar-refractivity contribution < 1.29 is 60.6 Å². The zero-order valence-corrected chi connectivity index (χ0v) is 67.1. The molecule has 3 aromatic carbocycles. The van der Waals surface area contributed by atoms with E-state index in [1.165, 1.54) is 50.9 Å². The highest BCUT2D eigenvalue weighted by Crippen LogP contribution is 2.45. The van der Waals surface area contributed by atoms with Crippen molar-refractivity contribution in [3.05, 3.63) is 137 Å². The van der Waals surface area contributed by atoms with E-state index in [0.29, 0.717) is 56.5 Å². The second-order valence-electron chi connectivity index (χ2n) is 30.2. The van der Waals surface area contributed by atoms with Gasteiger partial charge in [0.1, 0.15) is 28.3 Å². The Morgan fingerprint density at radius 2 is 1.01 bits per heavy atom. The monoisotopic (exact) mass is 1520 g/mol. The third kappa shape index (κ3) is 17.4. The lowest BCUT2D eigenvalue weighted by molar-refractivity contribution is 0.00578. The van der Waals surface area contributed by atoms with Gasteiger partial charge in [0, 0.05) is 153 Å². The summed E-state index contributed by atoms with van der Waals surface area (Å²) in [5.74, 6) is 1.53. The molecule has 5 fully saturated rings. The molecular weight excluding hydrogens is 1410 g/mol. The number of ether oxygens (including phenoxy) is 5. The van der Waals surface area contributed by atoms with Gasteiger partial charge in [-0.1, -0.05) is 45.8 Å². The maximum atomic E-state index is 14.0. The molecule has 3 aliphatic carbocycles. The number of aryl methyl sites for hydroxylation is 2. The van der Waals surface area contributed by atoms with E-state index in [1.807, 2.05) is 32.0 Å². The van der Waals surface area contributed by atoms with Crippen LogP contribution in [0.15, 0.2) is 82.8 Å². The minimum atomic E-state index is -0.319. The van der Waals surface area contributed by atoms with Gasteiger partial charge in [0.25, 0.3) is 11.5 Å². The summed E-state index contributed by atoms with van der Waals surface area (Å²) in [5.41, 5.74) is 14.8. The summed E-state index contributed by atoms with van der Waals surface area (Å²) in [4.78, 5) is 62.1. The summed E-state index contributed by atoms with van der Waals surface area (Å²) in [5, 5.41) is 5.62. The first-order valence-electron chi connectivity index (χ1n) is 39.5. The molecule has 106 heavy (non-hydrogen) atoms. The smallest absolute Gasteiger partial charge is 0.465 e. The van der Waals surface area contributed by atoms with Gasteiger partial charge in [-0.25, -0.2) is 9.59 Å². The van der Waals surface area contributed by atoms with E-state index in [4.69, 9.17) is 46.2 Å². The Kier molecular flexibility index (Phi) is 27.1. The minimum Gasteiger partial charge on any atom is -0.465 e. The first kappa shape index (κ1) is 79.9. The zero-order valence-electron chi connectivity index (χ0n) is 65.5. The van der Waals surface area contributed by atoms with Crippen molar-refractivity contribution in [3.63, 3.8) is 0 Å².